The number of hydrogen-bond acceptors (Lipinski definition) is 22. The molecule has 19 atom stereocenters. The molecule has 20 N–H and O–H groups in total. The fraction of sp³-hybridized carbons (Fsp3) is 0.685. The summed E-state index contributed by atoms with van der Waals surface area (Å²) in [5.41, 5.74) is 6.38. The van der Waals surface area contributed by atoms with Crippen LogP contribution in [-0.4, -0.2) is 258 Å². The number of unbranched alkanes of at least 4 members (excludes halogenated alkanes) is 5. The summed E-state index contributed by atoms with van der Waals surface area (Å²) in [6.45, 7) is 9.45. The van der Waals surface area contributed by atoms with Crippen molar-refractivity contribution in [3.8, 4) is 5.75 Å². The Bertz CT molecular complexity index is 3150. The quantitative estimate of drug-likeness (QED) is 0.0255. The maximum Gasteiger partial charge on any atom is 0.248 e. The molecule has 0 spiro atoms. The number of carbonyl (C=O) groups excluding carboxylic acids is 11. The molecule has 11 amide bonds. The van der Waals surface area contributed by atoms with Gasteiger partial charge in [0.25, 0.3) is 0 Å². The van der Waals surface area contributed by atoms with Crippen LogP contribution in [0.2, 0.25) is 0 Å². The number of amides is 11. The molecule has 0 aliphatic carbocycles. The van der Waals surface area contributed by atoms with E-state index in [1.165, 1.54) is 23.9 Å². The van der Waals surface area contributed by atoms with E-state index in [2.05, 4.69) is 73.9 Å². The lowest BCUT2D eigenvalue weighted by atomic mass is 9.91. The van der Waals surface area contributed by atoms with Crippen LogP contribution in [0.4, 0.5) is 0 Å². The number of aromatic hydroxyl groups is 1. The number of aliphatic hydroxyl groups excluding tert-OH is 7. The van der Waals surface area contributed by atoms with Gasteiger partial charge in [-0.05, 0) is 105 Å². The zero-order valence-corrected chi connectivity index (χ0v) is 62.8. The van der Waals surface area contributed by atoms with Gasteiger partial charge in [0.1, 0.15) is 78.5 Å². The Hall–Kier alpha value is -7.60. The first-order valence-corrected chi connectivity index (χ1v) is 38.5. The highest BCUT2D eigenvalue weighted by molar-refractivity contribution is 7.98. The van der Waals surface area contributed by atoms with Crippen molar-refractivity contribution in [3.63, 3.8) is 0 Å². The fourth-order valence-electron chi connectivity index (χ4n) is 13.5. The van der Waals surface area contributed by atoms with E-state index in [1.807, 2.05) is 20.1 Å². The van der Waals surface area contributed by atoms with Crippen molar-refractivity contribution < 1.29 is 93.6 Å². The Morgan fingerprint density at radius 2 is 1.30 bits per heavy atom. The van der Waals surface area contributed by atoms with E-state index < -0.39 is 195 Å². The average Bonchev–Trinajstić information content (AvgIpc) is 1.59. The molecule has 3 aliphatic rings. The Kier molecular flexibility index (Phi) is 38.0. The summed E-state index contributed by atoms with van der Waals surface area (Å²) >= 11 is 1.45. The summed E-state index contributed by atoms with van der Waals surface area (Å²) in [7, 11) is 0. The third kappa shape index (κ3) is 27.9. The van der Waals surface area contributed by atoms with Crippen molar-refractivity contribution in [1.82, 2.24) is 63.0 Å². The fourth-order valence-corrected chi connectivity index (χ4v) is 13.9. The third-order valence-electron chi connectivity index (χ3n) is 19.6. The van der Waals surface area contributed by atoms with Crippen LogP contribution in [0.1, 0.15) is 162 Å². The third-order valence-corrected chi connectivity index (χ3v) is 20.3. The SMILES string of the molecule is CC[C@H](C)C[C@H](C)CCCCCCCCC(=O)N[C@H]1C[C@@H](O)[C@@H](NCCNC(=O)[C@H](Cc2ccccc2)NC(=O)[C@H](CC(C)C)NC(=O)[C@H](CCSC)NC=O)NC(=O)[C@@H]2[C@@H](O)CCN2C(=O)[C@H]([C@H](O)CCN)NC(=O)[C@H]([C@H](O)[C@@H](O)c2ccc(O)cc2)NC(=O)[C@@H]2C[C@@H](O)CN2C(=O)[C@H]([C@@H](C)O)NC1=O. The van der Waals surface area contributed by atoms with Gasteiger partial charge in [0, 0.05) is 51.9 Å². The standard InChI is InChI=1S/C73H117N13O19S/c1-8-42(4)35-43(5)18-14-11-9-10-12-17-21-57(94)78-52-38-56(93)64(75-30-31-76-65(97)51(36-45-19-15-13-16-20-45)80-67(99)50(34-41(2)3)79-66(98)49(77-40-87)28-33-106-7)84-71(103)61-55(92)27-32-85(61)73(105)59(54(91)26-29-74)82-70(102)60(63(96)62(95)46-22-24-47(89)25-23-46)83-69(101)53-37-48(90)39-86(53)72(104)58(44(6)88)81-68(52)100/h13,15-16,19-20,22-25,40-44,48-56,58-64,75,88-93,95-96H,8-12,14,17-18,21,26-39,74H2,1-7H3,(H,76,97)(H,77,87)(H,78,94)(H,79,98)(H,80,99)(H,81,100)(H,82,102)(H,83,101)(H,84,103)/t42-,43+,44+,48+,49-,50-,51-,52-,53-,54+,55-,56+,58-,59-,60-,61-,62-,63-,64-/m0/s1. The summed E-state index contributed by atoms with van der Waals surface area (Å²) in [5.74, 6) is -8.84. The van der Waals surface area contributed by atoms with Crippen molar-refractivity contribution in [3.05, 3.63) is 65.7 Å². The number of hydrogen-bond donors (Lipinski definition) is 19. The number of nitrogens with one attached hydrogen (secondary N) is 10. The summed E-state index contributed by atoms with van der Waals surface area (Å²) in [5, 5.41) is 118. The molecule has 3 saturated heterocycles. The molecule has 32 nitrogen and oxygen atoms in total. The number of nitrogens with two attached hydrogens (primary N) is 1. The predicted molar refractivity (Wildman–Crippen MR) is 394 cm³/mol. The molecule has 2 aromatic rings. The maximum atomic E-state index is 15.1. The lowest BCUT2D eigenvalue weighted by Gasteiger charge is -2.35. The number of thioether (sulfide) groups is 1. The van der Waals surface area contributed by atoms with Crippen LogP contribution in [-0.2, 0) is 59.2 Å². The lowest BCUT2D eigenvalue weighted by molar-refractivity contribution is -0.148. The van der Waals surface area contributed by atoms with E-state index in [9.17, 15) is 84.0 Å². The molecule has 3 aliphatic heterocycles. The molecular formula is C73H117N13O19S. The van der Waals surface area contributed by atoms with E-state index in [1.54, 1.807) is 30.3 Å². The minimum absolute atomic E-state index is 0.0571. The van der Waals surface area contributed by atoms with Crippen LogP contribution in [0.25, 0.3) is 0 Å². The minimum Gasteiger partial charge on any atom is -0.508 e. The largest absolute Gasteiger partial charge is 0.508 e. The summed E-state index contributed by atoms with van der Waals surface area (Å²) < 4.78 is 0. The average molecular weight is 1510 g/mol. The summed E-state index contributed by atoms with van der Waals surface area (Å²) in [6.07, 6.45) is -6.45. The van der Waals surface area contributed by atoms with Crippen LogP contribution >= 0.6 is 11.8 Å². The number of aliphatic hydroxyl groups is 7. The van der Waals surface area contributed by atoms with Gasteiger partial charge in [0.05, 0.1) is 30.5 Å². The molecular weight excluding hydrogens is 1390 g/mol. The van der Waals surface area contributed by atoms with Crippen LogP contribution in [0.3, 0.4) is 0 Å². The van der Waals surface area contributed by atoms with Crippen LogP contribution < -0.4 is 58.9 Å². The highest BCUT2D eigenvalue weighted by atomic mass is 32.2. The number of rotatable bonds is 38. The second-order valence-electron chi connectivity index (χ2n) is 28.8. The molecule has 2 aromatic carbocycles. The molecule has 0 saturated carbocycles. The Morgan fingerprint density at radius 3 is 1.94 bits per heavy atom. The van der Waals surface area contributed by atoms with Crippen LogP contribution in [0.15, 0.2) is 54.6 Å². The predicted octanol–water partition coefficient (Wildman–Crippen LogP) is -2.03. The topological polar surface area (TPSA) is 502 Å². The molecule has 0 aromatic heterocycles. The van der Waals surface area contributed by atoms with E-state index >= 15 is 9.59 Å². The maximum absolute atomic E-state index is 15.1. The van der Waals surface area contributed by atoms with Crippen molar-refractivity contribution in [2.75, 3.05) is 44.7 Å². The molecule has 0 bridgehead atoms. The molecule has 5 rings (SSSR count). The van der Waals surface area contributed by atoms with Gasteiger partial charge in [-0.3, -0.25) is 58.1 Å². The van der Waals surface area contributed by atoms with Gasteiger partial charge in [-0.25, -0.2) is 0 Å². The number of benzene rings is 2. The molecule has 33 heteroatoms. The summed E-state index contributed by atoms with van der Waals surface area (Å²) in [6, 6.07) is -1.95. The van der Waals surface area contributed by atoms with Crippen molar-refractivity contribution in [2.45, 2.75) is 254 Å². The van der Waals surface area contributed by atoms with Gasteiger partial charge in [-0.2, -0.15) is 11.8 Å². The number of phenols is 1. The smallest absolute Gasteiger partial charge is 0.248 e. The van der Waals surface area contributed by atoms with Gasteiger partial charge in [0.15, 0.2) is 0 Å². The first kappa shape index (κ1) is 89.0. The van der Waals surface area contributed by atoms with Crippen LogP contribution in [0.5, 0.6) is 5.75 Å². The summed E-state index contributed by atoms with van der Waals surface area (Å²) in [4.78, 5) is 159. The normalized spacial score (nSPS) is 24.7. The monoisotopic (exact) mass is 1510 g/mol. The van der Waals surface area contributed by atoms with Gasteiger partial charge in [-0.1, -0.05) is 122 Å². The van der Waals surface area contributed by atoms with Crippen molar-refractivity contribution >= 4 is 77.2 Å². The van der Waals surface area contributed by atoms with E-state index in [0.29, 0.717) is 42.4 Å². The molecule has 3 fully saturated rings. The lowest BCUT2D eigenvalue weighted by Crippen LogP contribution is -2.65. The Balaban J connectivity index is 1.55. The van der Waals surface area contributed by atoms with Crippen LogP contribution in [0, 0.1) is 17.8 Å². The number of phenolic OH excluding ortho intramolecular Hbond substituents is 1. The highest BCUT2D eigenvalue weighted by Gasteiger charge is 2.49. The second-order valence-corrected chi connectivity index (χ2v) is 29.8. The van der Waals surface area contributed by atoms with Crippen molar-refractivity contribution in [2.24, 2.45) is 23.5 Å². The minimum atomic E-state index is -2.35. The Labute approximate surface area is 624 Å². The van der Waals surface area contributed by atoms with Gasteiger partial charge >= 0.3 is 0 Å². The molecule has 0 radical (unpaired) electrons. The van der Waals surface area contributed by atoms with Crippen molar-refractivity contribution in [1.29, 1.82) is 0 Å². The molecule has 594 valence electrons. The van der Waals surface area contributed by atoms with E-state index in [0.717, 1.165) is 73.8 Å². The molecule has 106 heavy (non-hydrogen) atoms. The first-order valence-electron chi connectivity index (χ1n) is 37.1. The van der Waals surface area contributed by atoms with Gasteiger partial charge in [0.2, 0.25) is 65.5 Å². The molecule has 3 heterocycles. The van der Waals surface area contributed by atoms with Gasteiger partial charge < -0.3 is 104 Å². The Morgan fingerprint density at radius 1 is 0.670 bits per heavy atom. The zero-order valence-electron chi connectivity index (χ0n) is 62.0. The zero-order chi connectivity index (χ0) is 78.3. The van der Waals surface area contributed by atoms with Gasteiger partial charge in [-0.15, -0.1) is 0 Å². The van der Waals surface area contributed by atoms with E-state index in [4.69, 9.17) is 5.73 Å². The first-order chi connectivity index (χ1) is 50.4. The molecule has 0 unspecified atom stereocenters. The number of carbonyl (C=O) groups is 11. The number of fused-ring (bicyclic) bond motifs is 2. The highest BCUT2D eigenvalue weighted by Crippen LogP contribution is 2.27. The number of nitrogens with zero attached hydrogens (tertiary/aromatic N) is 2. The second kappa shape index (κ2) is 45.3. The van der Waals surface area contributed by atoms with E-state index in [-0.39, 0.29) is 69.0 Å².